The minimum atomic E-state index is -0.492. The van der Waals surface area contributed by atoms with Crippen LogP contribution in [-0.2, 0) is 23.2 Å². The van der Waals surface area contributed by atoms with E-state index >= 15 is 0 Å². The fraction of sp³-hybridized carbons (Fsp3) is 0.350. The zero-order chi connectivity index (χ0) is 17.0. The molecular formula is C20H22FNO2. The molecular weight excluding hydrogens is 305 g/mol. The number of hydrogen-bond acceptors (Lipinski definition) is 2. The van der Waals surface area contributed by atoms with Crippen LogP contribution in [0, 0.1) is 5.82 Å². The number of rotatable bonds is 6. The summed E-state index contributed by atoms with van der Waals surface area (Å²) in [5.74, 6) is -0.243. The number of halogens is 1. The predicted molar refractivity (Wildman–Crippen MR) is 91.0 cm³/mol. The lowest BCUT2D eigenvalue weighted by Crippen LogP contribution is -2.49. The predicted octanol–water partition coefficient (Wildman–Crippen LogP) is 3.10. The third kappa shape index (κ3) is 3.34. The minimum Gasteiger partial charge on any atom is -0.392 e. The van der Waals surface area contributed by atoms with E-state index in [4.69, 9.17) is 5.11 Å². The smallest absolute Gasteiger partial charge is 0.230 e. The van der Waals surface area contributed by atoms with Crippen LogP contribution in [0.1, 0.15) is 36.0 Å². The Morgan fingerprint density at radius 3 is 2.21 bits per heavy atom. The maximum atomic E-state index is 13.1. The zero-order valence-electron chi connectivity index (χ0n) is 13.6. The van der Waals surface area contributed by atoms with Crippen LogP contribution < -0.4 is 5.32 Å². The number of aliphatic hydroxyl groups is 1. The minimum absolute atomic E-state index is 0.0346. The van der Waals surface area contributed by atoms with Crippen LogP contribution >= 0.6 is 0 Å². The second kappa shape index (κ2) is 7.14. The van der Waals surface area contributed by atoms with Gasteiger partial charge in [-0.05, 0) is 48.1 Å². The first-order valence-electron chi connectivity index (χ1n) is 8.37. The summed E-state index contributed by atoms with van der Waals surface area (Å²) < 4.78 is 13.1. The molecule has 0 aromatic heterocycles. The number of nitrogens with one attached hydrogen (secondary N) is 1. The summed E-state index contributed by atoms with van der Waals surface area (Å²) in [5, 5.41) is 12.1. The van der Waals surface area contributed by atoms with Gasteiger partial charge in [0.25, 0.3) is 0 Å². The van der Waals surface area contributed by atoms with Gasteiger partial charge in [0.05, 0.1) is 12.0 Å². The van der Waals surface area contributed by atoms with Crippen LogP contribution in [0.5, 0.6) is 0 Å². The molecule has 1 fully saturated rings. The topological polar surface area (TPSA) is 49.3 Å². The van der Waals surface area contributed by atoms with Gasteiger partial charge in [0.2, 0.25) is 5.91 Å². The molecule has 0 spiro atoms. The van der Waals surface area contributed by atoms with Gasteiger partial charge in [0.1, 0.15) is 5.82 Å². The van der Waals surface area contributed by atoms with E-state index in [0.29, 0.717) is 6.54 Å². The van der Waals surface area contributed by atoms with E-state index in [2.05, 4.69) is 5.32 Å². The molecule has 1 aliphatic carbocycles. The molecule has 2 aromatic rings. The van der Waals surface area contributed by atoms with Crippen molar-refractivity contribution in [3.8, 4) is 0 Å². The number of carbonyl (C=O) groups excluding carboxylic acids is 1. The van der Waals surface area contributed by atoms with Crippen molar-refractivity contribution in [3.63, 3.8) is 0 Å². The van der Waals surface area contributed by atoms with E-state index in [1.54, 1.807) is 12.1 Å². The van der Waals surface area contributed by atoms with Gasteiger partial charge in [-0.3, -0.25) is 4.79 Å². The molecule has 2 aromatic carbocycles. The molecule has 0 radical (unpaired) electrons. The molecule has 4 heteroatoms. The number of hydrogen-bond donors (Lipinski definition) is 2. The van der Waals surface area contributed by atoms with Gasteiger partial charge in [-0.2, -0.15) is 0 Å². The van der Waals surface area contributed by atoms with Gasteiger partial charge >= 0.3 is 0 Å². The van der Waals surface area contributed by atoms with E-state index in [0.717, 1.165) is 42.4 Å². The standard InChI is InChI=1S/C20H22FNO2/c21-18-8-6-17(7-9-18)20(11-1-12-20)19(24)22-13-10-15-2-4-16(14-23)5-3-15/h2-9,23H,1,10-14H2,(H,22,24). The molecule has 24 heavy (non-hydrogen) atoms. The molecule has 0 aliphatic heterocycles. The summed E-state index contributed by atoms with van der Waals surface area (Å²) in [7, 11) is 0. The second-order valence-corrected chi connectivity index (χ2v) is 6.42. The normalized spacial score (nSPS) is 15.6. The molecule has 3 nitrogen and oxygen atoms in total. The summed E-state index contributed by atoms with van der Waals surface area (Å²) in [6.07, 6.45) is 3.40. The number of amides is 1. The average molecular weight is 327 g/mol. The van der Waals surface area contributed by atoms with E-state index in [1.807, 2.05) is 24.3 Å². The van der Waals surface area contributed by atoms with Crippen molar-refractivity contribution >= 4 is 5.91 Å². The fourth-order valence-corrected chi connectivity index (χ4v) is 3.25. The number of aliphatic hydroxyl groups excluding tert-OH is 1. The lowest BCUT2D eigenvalue weighted by atomic mass is 9.64. The van der Waals surface area contributed by atoms with Crippen molar-refractivity contribution in [2.45, 2.75) is 37.7 Å². The van der Waals surface area contributed by atoms with E-state index in [-0.39, 0.29) is 18.3 Å². The van der Waals surface area contributed by atoms with Crippen LogP contribution in [0.15, 0.2) is 48.5 Å². The third-order valence-electron chi connectivity index (χ3n) is 4.94. The van der Waals surface area contributed by atoms with E-state index in [9.17, 15) is 9.18 Å². The summed E-state index contributed by atoms with van der Waals surface area (Å²) in [6, 6.07) is 14.0. The Bertz CT molecular complexity index is 691. The Labute approximate surface area is 141 Å². The quantitative estimate of drug-likeness (QED) is 0.856. The Balaban J connectivity index is 1.59. The van der Waals surface area contributed by atoms with Gasteiger partial charge in [-0.15, -0.1) is 0 Å². The maximum Gasteiger partial charge on any atom is 0.230 e. The Morgan fingerprint density at radius 2 is 1.67 bits per heavy atom. The largest absolute Gasteiger partial charge is 0.392 e. The molecule has 2 N–H and O–H groups in total. The molecule has 3 rings (SSSR count). The highest BCUT2D eigenvalue weighted by Crippen LogP contribution is 2.43. The molecule has 0 bridgehead atoms. The van der Waals surface area contributed by atoms with Crippen LogP contribution in [0.4, 0.5) is 4.39 Å². The summed E-state index contributed by atoms with van der Waals surface area (Å²) in [5.41, 5.74) is 2.42. The van der Waals surface area contributed by atoms with E-state index in [1.165, 1.54) is 12.1 Å². The van der Waals surface area contributed by atoms with Crippen LogP contribution in [0.25, 0.3) is 0 Å². The van der Waals surface area contributed by atoms with Crippen molar-refractivity contribution < 1.29 is 14.3 Å². The van der Waals surface area contributed by atoms with Crippen LogP contribution in [0.2, 0.25) is 0 Å². The Kier molecular flexibility index (Phi) is 4.95. The molecule has 126 valence electrons. The van der Waals surface area contributed by atoms with Crippen molar-refractivity contribution in [2.75, 3.05) is 6.54 Å². The maximum absolute atomic E-state index is 13.1. The van der Waals surface area contributed by atoms with Crippen molar-refractivity contribution in [3.05, 3.63) is 71.0 Å². The highest BCUT2D eigenvalue weighted by Gasteiger charge is 2.45. The summed E-state index contributed by atoms with van der Waals surface area (Å²) in [6.45, 7) is 0.609. The zero-order valence-corrected chi connectivity index (χ0v) is 13.6. The highest BCUT2D eigenvalue weighted by molar-refractivity contribution is 5.89. The van der Waals surface area contributed by atoms with Crippen molar-refractivity contribution in [2.24, 2.45) is 0 Å². The van der Waals surface area contributed by atoms with Crippen LogP contribution in [-0.4, -0.2) is 17.6 Å². The summed E-state index contributed by atoms with van der Waals surface area (Å²) >= 11 is 0. The molecule has 0 unspecified atom stereocenters. The van der Waals surface area contributed by atoms with Crippen LogP contribution in [0.3, 0.4) is 0 Å². The van der Waals surface area contributed by atoms with E-state index < -0.39 is 5.41 Å². The van der Waals surface area contributed by atoms with Gasteiger partial charge < -0.3 is 10.4 Å². The molecule has 0 atom stereocenters. The average Bonchev–Trinajstić information content (AvgIpc) is 2.56. The lowest BCUT2D eigenvalue weighted by molar-refractivity contribution is -0.129. The van der Waals surface area contributed by atoms with Gasteiger partial charge in [-0.1, -0.05) is 42.8 Å². The Hall–Kier alpha value is -2.20. The first kappa shape index (κ1) is 16.7. The molecule has 1 saturated carbocycles. The molecule has 1 aliphatic rings. The Morgan fingerprint density at radius 1 is 1.04 bits per heavy atom. The monoisotopic (exact) mass is 327 g/mol. The summed E-state index contributed by atoms with van der Waals surface area (Å²) in [4.78, 5) is 12.7. The van der Waals surface area contributed by atoms with Crippen molar-refractivity contribution in [1.82, 2.24) is 5.32 Å². The third-order valence-corrected chi connectivity index (χ3v) is 4.94. The number of benzene rings is 2. The second-order valence-electron chi connectivity index (χ2n) is 6.42. The molecule has 1 amide bonds. The van der Waals surface area contributed by atoms with Gasteiger partial charge in [-0.25, -0.2) is 4.39 Å². The number of carbonyl (C=O) groups is 1. The fourth-order valence-electron chi connectivity index (χ4n) is 3.25. The van der Waals surface area contributed by atoms with Gasteiger partial charge in [0.15, 0.2) is 0 Å². The highest BCUT2D eigenvalue weighted by atomic mass is 19.1. The van der Waals surface area contributed by atoms with Crippen molar-refractivity contribution in [1.29, 1.82) is 0 Å². The first-order chi connectivity index (χ1) is 11.6. The lowest BCUT2D eigenvalue weighted by Gasteiger charge is -2.40. The SMILES string of the molecule is O=C(NCCc1ccc(CO)cc1)C1(c2ccc(F)cc2)CCC1. The molecule has 0 heterocycles. The van der Waals surface area contributed by atoms with Gasteiger partial charge in [0, 0.05) is 6.54 Å². The first-order valence-corrected chi connectivity index (χ1v) is 8.37. The molecule has 0 saturated heterocycles.